The number of rotatable bonds is 11. The van der Waals surface area contributed by atoms with Crippen LogP contribution in [0.4, 0.5) is 10.1 Å². The molecule has 2 aromatic carbocycles. The van der Waals surface area contributed by atoms with E-state index in [1.165, 1.54) is 23.1 Å². The van der Waals surface area contributed by atoms with E-state index >= 15 is 0 Å². The molecular formula is C25H34FN3O4S. The van der Waals surface area contributed by atoms with Gasteiger partial charge in [-0.25, -0.2) is 12.8 Å². The highest BCUT2D eigenvalue weighted by molar-refractivity contribution is 7.92. The van der Waals surface area contributed by atoms with E-state index < -0.39 is 34.3 Å². The fourth-order valence-electron chi connectivity index (χ4n) is 3.58. The van der Waals surface area contributed by atoms with E-state index in [0.717, 1.165) is 34.2 Å². The second-order valence-corrected chi connectivity index (χ2v) is 10.3. The van der Waals surface area contributed by atoms with Crippen LogP contribution in [0.15, 0.2) is 48.5 Å². The average molecular weight is 492 g/mol. The minimum Gasteiger partial charge on any atom is -0.352 e. The zero-order chi connectivity index (χ0) is 25.5. The summed E-state index contributed by atoms with van der Waals surface area (Å²) in [5.41, 5.74) is 1.56. The number of carbonyl (C=O) groups is 2. The van der Waals surface area contributed by atoms with Crippen LogP contribution in [0.1, 0.15) is 44.7 Å². The maximum atomic E-state index is 14.5. The Morgan fingerprint density at radius 2 is 1.65 bits per heavy atom. The van der Waals surface area contributed by atoms with Gasteiger partial charge in [0.1, 0.15) is 18.4 Å². The van der Waals surface area contributed by atoms with Gasteiger partial charge in [0, 0.05) is 12.6 Å². The molecule has 0 aliphatic heterocycles. The third kappa shape index (κ3) is 7.03. The minimum atomic E-state index is -3.98. The number of carbonyl (C=O) groups excluding carboxylic acids is 2. The Labute approximate surface area is 202 Å². The van der Waals surface area contributed by atoms with Gasteiger partial charge in [0.15, 0.2) is 0 Å². The van der Waals surface area contributed by atoms with Crippen molar-refractivity contribution in [3.8, 4) is 0 Å². The van der Waals surface area contributed by atoms with Gasteiger partial charge in [-0.1, -0.05) is 50.2 Å². The first kappa shape index (κ1) is 27.3. The first-order chi connectivity index (χ1) is 16.0. The Bertz CT molecular complexity index is 1110. The summed E-state index contributed by atoms with van der Waals surface area (Å²) in [5, 5.41) is 2.92. The van der Waals surface area contributed by atoms with E-state index in [9.17, 15) is 22.4 Å². The molecule has 2 rings (SSSR count). The number of sulfonamides is 1. The Morgan fingerprint density at radius 3 is 2.21 bits per heavy atom. The molecule has 0 fully saturated rings. The van der Waals surface area contributed by atoms with Crippen LogP contribution in [0.3, 0.4) is 0 Å². The van der Waals surface area contributed by atoms with Crippen molar-refractivity contribution in [1.82, 2.24) is 10.2 Å². The van der Waals surface area contributed by atoms with E-state index in [-0.39, 0.29) is 24.2 Å². The number of para-hydroxylation sites is 1. The molecule has 2 atom stereocenters. The SMILES string of the molecule is CCC(C)NC(=O)C(CC)N(Cc1ccccc1C)C(=O)CN(c1ccccc1F)S(C)(=O)=O. The maximum Gasteiger partial charge on any atom is 0.244 e. The second kappa shape index (κ2) is 12.0. The van der Waals surface area contributed by atoms with Crippen molar-refractivity contribution >= 4 is 27.5 Å². The Morgan fingerprint density at radius 1 is 1.03 bits per heavy atom. The maximum absolute atomic E-state index is 14.5. The van der Waals surface area contributed by atoms with E-state index in [2.05, 4.69) is 5.32 Å². The monoisotopic (exact) mass is 491 g/mol. The number of hydrogen-bond donors (Lipinski definition) is 1. The van der Waals surface area contributed by atoms with E-state index in [1.54, 1.807) is 6.92 Å². The molecule has 1 N–H and O–H groups in total. The van der Waals surface area contributed by atoms with Crippen molar-refractivity contribution in [3.63, 3.8) is 0 Å². The number of amides is 2. The molecule has 0 bridgehead atoms. The smallest absolute Gasteiger partial charge is 0.244 e. The highest BCUT2D eigenvalue weighted by Gasteiger charge is 2.32. The lowest BCUT2D eigenvalue weighted by Crippen LogP contribution is -2.53. The first-order valence-corrected chi connectivity index (χ1v) is 13.2. The summed E-state index contributed by atoms with van der Waals surface area (Å²) in [7, 11) is -3.98. The zero-order valence-electron chi connectivity index (χ0n) is 20.4. The third-order valence-electron chi connectivity index (χ3n) is 5.79. The Balaban J connectivity index is 2.47. The van der Waals surface area contributed by atoms with Gasteiger partial charge in [-0.2, -0.15) is 0 Å². The largest absolute Gasteiger partial charge is 0.352 e. The topological polar surface area (TPSA) is 86.8 Å². The van der Waals surface area contributed by atoms with E-state index in [1.807, 2.05) is 45.0 Å². The number of benzene rings is 2. The van der Waals surface area contributed by atoms with Gasteiger partial charge >= 0.3 is 0 Å². The van der Waals surface area contributed by atoms with Crippen LogP contribution < -0.4 is 9.62 Å². The molecule has 0 radical (unpaired) electrons. The van der Waals surface area contributed by atoms with Crippen LogP contribution in [-0.4, -0.2) is 50.0 Å². The quantitative estimate of drug-likeness (QED) is 0.520. The molecule has 0 saturated carbocycles. The molecule has 2 amide bonds. The van der Waals surface area contributed by atoms with Crippen molar-refractivity contribution in [2.75, 3.05) is 17.1 Å². The number of anilines is 1. The molecule has 0 heterocycles. The second-order valence-electron chi connectivity index (χ2n) is 8.41. The van der Waals surface area contributed by atoms with Gasteiger partial charge in [-0.15, -0.1) is 0 Å². The van der Waals surface area contributed by atoms with Crippen molar-refractivity contribution in [2.24, 2.45) is 0 Å². The van der Waals surface area contributed by atoms with Crippen LogP contribution in [0, 0.1) is 12.7 Å². The lowest BCUT2D eigenvalue weighted by Gasteiger charge is -2.33. The van der Waals surface area contributed by atoms with Gasteiger partial charge in [0.25, 0.3) is 0 Å². The first-order valence-electron chi connectivity index (χ1n) is 11.4. The number of halogens is 1. The molecule has 0 aromatic heterocycles. The molecule has 186 valence electrons. The highest BCUT2D eigenvalue weighted by Crippen LogP contribution is 2.23. The number of hydrogen-bond acceptors (Lipinski definition) is 4. The molecular weight excluding hydrogens is 457 g/mol. The Hall–Kier alpha value is -2.94. The van der Waals surface area contributed by atoms with Crippen molar-refractivity contribution in [2.45, 2.75) is 59.2 Å². The van der Waals surface area contributed by atoms with Crippen molar-refractivity contribution in [3.05, 3.63) is 65.5 Å². The summed E-state index contributed by atoms with van der Waals surface area (Å²) in [4.78, 5) is 28.0. The molecule has 0 aliphatic rings. The van der Waals surface area contributed by atoms with Gasteiger partial charge in [-0.05, 0) is 49.9 Å². The summed E-state index contributed by atoms with van der Waals surface area (Å²) < 4.78 is 40.2. The summed E-state index contributed by atoms with van der Waals surface area (Å²) in [5.74, 6) is -1.66. The van der Waals surface area contributed by atoms with Crippen LogP contribution >= 0.6 is 0 Å². The summed E-state index contributed by atoms with van der Waals surface area (Å²) in [6.45, 7) is 7.01. The van der Waals surface area contributed by atoms with Gasteiger partial charge in [0.2, 0.25) is 21.8 Å². The fraction of sp³-hybridized carbons (Fsp3) is 0.440. The lowest BCUT2D eigenvalue weighted by atomic mass is 10.1. The van der Waals surface area contributed by atoms with Crippen molar-refractivity contribution < 1.29 is 22.4 Å². The average Bonchev–Trinajstić information content (AvgIpc) is 2.78. The normalized spacial score (nSPS) is 13.1. The third-order valence-corrected chi connectivity index (χ3v) is 6.92. The molecule has 0 aliphatic carbocycles. The van der Waals surface area contributed by atoms with E-state index in [4.69, 9.17) is 0 Å². The van der Waals surface area contributed by atoms with Gasteiger partial charge in [0.05, 0.1) is 11.9 Å². The Kier molecular flexibility index (Phi) is 9.61. The summed E-state index contributed by atoms with van der Waals surface area (Å²) in [6, 6.07) is 12.0. The number of nitrogens with zero attached hydrogens (tertiary/aromatic N) is 2. The molecule has 0 saturated heterocycles. The predicted molar refractivity (Wildman–Crippen MR) is 132 cm³/mol. The van der Waals surface area contributed by atoms with Crippen LogP contribution in [-0.2, 0) is 26.2 Å². The highest BCUT2D eigenvalue weighted by atomic mass is 32.2. The standard InChI is InChI=1S/C25H34FN3O4S/c1-6-19(4)27-25(31)22(7-2)28(16-20-13-9-8-12-18(20)3)24(30)17-29(34(5,32)33)23-15-11-10-14-21(23)26/h8-15,19,22H,6-7,16-17H2,1-5H3,(H,27,31). The van der Waals surface area contributed by atoms with Crippen LogP contribution in [0.25, 0.3) is 0 Å². The predicted octanol–water partition coefficient (Wildman–Crippen LogP) is 3.62. The molecule has 34 heavy (non-hydrogen) atoms. The molecule has 2 unspecified atom stereocenters. The zero-order valence-corrected chi connectivity index (χ0v) is 21.2. The molecule has 7 nitrogen and oxygen atoms in total. The molecule has 2 aromatic rings. The number of aryl methyl sites for hydroxylation is 1. The van der Waals surface area contributed by atoms with Gasteiger partial charge < -0.3 is 10.2 Å². The minimum absolute atomic E-state index is 0.0807. The molecule has 0 spiro atoms. The summed E-state index contributed by atoms with van der Waals surface area (Å²) in [6.07, 6.45) is 1.98. The lowest BCUT2D eigenvalue weighted by molar-refractivity contribution is -0.140. The number of nitrogens with one attached hydrogen (secondary N) is 1. The van der Waals surface area contributed by atoms with Crippen LogP contribution in [0.5, 0.6) is 0 Å². The summed E-state index contributed by atoms with van der Waals surface area (Å²) >= 11 is 0. The van der Waals surface area contributed by atoms with Gasteiger partial charge in [-0.3, -0.25) is 13.9 Å². The van der Waals surface area contributed by atoms with E-state index in [0.29, 0.717) is 6.42 Å². The molecule has 9 heteroatoms. The van der Waals surface area contributed by atoms with Crippen molar-refractivity contribution in [1.29, 1.82) is 0 Å². The fourth-order valence-corrected chi connectivity index (χ4v) is 4.43. The van der Waals surface area contributed by atoms with Crippen LogP contribution in [0.2, 0.25) is 0 Å².